The molecule has 0 bridgehead atoms. The number of hydrogen-bond acceptors (Lipinski definition) is 2. The second-order valence-electron chi connectivity index (χ2n) is 3.32. The summed E-state index contributed by atoms with van der Waals surface area (Å²) in [5.41, 5.74) is 1.10. The highest BCUT2D eigenvalue weighted by molar-refractivity contribution is 9.10. The van der Waals surface area contributed by atoms with Crippen LogP contribution in [-0.2, 0) is 0 Å². The van der Waals surface area contributed by atoms with E-state index in [1.807, 2.05) is 6.07 Å². The number of thiocarbonyl (C=S) groups is 1. The van der Waals surface area contributed by atoms with E-state index in [0.717, 1.165) is 5.56 Å². The van der Waals surface area contributed by atoms with Gasteiger partial charge in [-0.25, -0.2) is 4.39 Å². The van der Waals surface area contributed by atoms with Crippen LogP contribution in [0.3, 0.4) is 0 Å². The number of aromatic nitrogens is 1. The Kier molecular flexibility index (Phi) is 3.81. The zero-order valence-corrected chi connectivity index (χ0v) is 11.1. The first kappa shape index (κ1) is 12.1. The third-order valence-electron chi connectivity index (χ3n) is 2.10. The van der Waals surface area contributed by atoms with Gasteiger partial charge in [-0.15, -0.1) is 0 Å². The molecule has 2 aromatic rings. The Bertz CT molecular complexity index is 545. The number of nitrogens with one attached hydrogen (secondary N) is 1. The lowest BCUT2D eigenvalue weighted by atomic mass is 10.2. The quantitative estimate of drug-likeness (QED) is 0.855. The SMILES string of the molecule is Fc1cc(Br)ccc1NC(=S)c1cccnc1. The molecule has 0 spiro atoms. The molecular weight excluding hydrogens is 303 g/mol. The zero-order chi connectivity index (χ0) is 12.3. The van der Waals surface area contributed by atoms with Gasteiger partial charge in [-0.3, -0.25) is 4.98 Å². The molecule has 0 unspecified atom stereocenters. The third-order valence-corrected chi connectivity index (χ3v) is 2.93. The van der Waals surface area contributed by atoms with Gasteiger partial charge in [0, 0.05) is 22.4 Å². The molecule has 0 atom stereocenters. The minimum Gasteiger partial charge on any atom is -0.344 e. The normalized spacial score (nSPS) is 10.0. The predicted octanol–water partition coefficient (Wildman–Crippen LogP) is 3.77. The van der Waals surface area contributed by atoms with Gasteiger partial charge < -0.3 is 5.32 Å². The number of benzene rings is 1. The van der Waals surface area contributed by atoms with Gasteiger partial charge in [-0.1, -0.05) is 28.1 Å². The molecule has 2 rings (SSSR count). The molecule has 0 aliphatic carbocycles. The van der Waals surface area contributed by atoms with E-state index in [2.05, 4.69) is 26.2 Å². The van der Waals surface area contributed by atoms with Crippen molar-refractivity contribution < 1.29 is 4.39 Å². The summed E-state index contributed by atoms with van der Waals surface area (Å²) in [5, 5.41) is 2.85. The van der Waals surface area contributed by atoms with Crippen molar-refractivity contribution in [3.8, 4) is 0 Å². The van der Waals surface area contributed by atoms with Crippen LogP contribution in [0, 0.1) is 5.82 Å². The van der Waals surface area contributed by atoms with Gasteiger partial charge in [0.15, 0.2) is 0 Å². The molecule has 0 aliphatic heterocycles. The summed E-state index contributed by atoms with van der Waals surface area (Å²) in [6.45, 7) is 0. The highest BCUT2D eigenvalue weighted by Crippen LogP contribution is 2.20. The lowest BCUT2D eigenvalue weighted by Gasteiger charge is -2.08. The average Bonchev–Trinajstić information content (AvgIpc) is 2.34. The van der Waals surface area contributed by atoms with Crippen LogP contribution in [0.15, 0.2) is 47.2 Å². The van der Waals surface area contributed by atoms with E-state index >= 15 is 0 Å². The van der Waals surface area contributed by atoms with Crippen molar-refractivity contribution in [1.82, 2.24) is 4.98 Å². The monoisotopic (exact) mass is 310 g/mol. The third kappa shape index (κ3) is 3.08. The van der Waals surface area contributed by atoms with Gasteiger partial charge in [0.1, 0.15) is 10.8 Å². The van der Waals surface area contributed by atoms with Gasteiger partial charge in [0.05, 0.1) is 5.69 Å². The molecule has 0 saturated heterocycles. The summed E-state index contributed by atoms with van der Waals surface area (Å²) in [6, 6.07) is 8.36. The van der Waals surface area contributed by atoms with Crippen molar-refractivity contribution in [2.75, 3.05) is 5.32 Å². The van der Waals surface area contributed by atoms with E-state index < -0.39 is 0 Å². The van der Waals surface area contributed by atoms with E-state index in [4.69, 9.17) is 12.2 Å². The fourth-order valence-corrected chi connectivity index (χ4v) is 1.85. The van der Waals surface area contributed by atoms with E-state index in [9.17, 15) is 4.39 Å². The van der Waals surface area contributed by atoms with Crippen molar-refractivity contribution >= 4 is 38.8 Å². The van der Waals surface area contributed by atoms with Gasteiger partial charge >= 0.3 is 0 Å². The smallest absolute Gasteiger partial charge is 0.147 e. The molecule has 17 heavy (non-hydrogen) atoms. The van der Waals surface area contributed by atoms with Crippen molar-refractivity contribution in [1.29, 1.82) is 0 Å². The number of halogens is 2. The van der Waals surface area contributed by atoms with Crippen LogP contribution in [0.2, 0.25) is 0 Å². The molecule has 1 N–H and O–H groups in total. The molecule has 86 valence electrons. The molecule has 2 nitrogen and oxygen atoms in total. The van der Waals surface area contributed by atoms with Crippen molar-refractivity contribution in [3.63, 3.8) is 0 Å². The summed E-state index contributed by atoms with van der Waals surface area (Å²) >= 11 is 8.36. The minimum absolute atomic E-state index is 0.349. The fourth-order valence-electron chi connectivity index (χ4n) is 1.28. The molecule has 0 radical (unpaired) electrons. The number of pyridine rings is 1. The van der Waals surface area contributed by atoms with E-state index in [0.29, 0.717) is 15.1 Å². The van der Waals surface area contributed by atoms with Crippen LogP contribution in [-0.4, -0.2) is 9.97 Å². The number of anilines is 1. The van der Waals surface area contributed by atoms with Gasteiger partial charge in [0.2, 0.25) is 0 Å². The summed E-state index contributed by atoms with van der Waals surface area (Å²) in [5.74, 6) is -0.356. The molecule has 0 saturated carbocycles. The minimum atomic E-state index is -0.356. The molecule has 0 amide bonds. The Morgan fingerprint density at radius 1 is 1.35 bits per heavy atom. The Hall–Kier alpha value is -1.33. The lowest BCUT2D eigenvalue weighted by molar-refractivity contribution is 0.631. The maximum Gasteiger partial charge on any atom is 0.147 e. The largest absolute Gasteiger partial charge is 0.344 e. The van der Waals surface area contributed by atoms with Crippen molar-refractivity contribution in [3.05, 3.63) is 58.6 Å². The van der Waals surface area contributed by atoms with Gasteiger partial charge in [-0.2, -0.15) is 0 Å². The summed E-state index contributed by atoms with van der Waals surface area (Å²) in [7, 11) is 0. The van der Waals surface area contributed by atoms with Crippen LogP contribution in [0.1, 0.15) is 5.56 Å². The summed E-state index contributed by atoms with van der Waals surface area (Å²) in [4.78, 5) is 4.40. The number of rotatable bonds is 2. The Labute approximate surface area is 112 Å². The molecule has 0 fully saturated rings. The first-order valence-corrected chi connectivity index (χ1v) is 6.03. The Morgan fingerprint density at radius 3 is 2.82 bits per heavy atom. The first-order valence-electron chi connectivity index (χ1n) is 4.83. The van der Waals surface area contributed by atoms with Crippen molar-refractivity contribution in [2.45, 2.75) is 0 Å². The topological polar surface area (TPSA) is 24.9 Å². The fraction of sp³-hybridized carbons (Fsp3) is 0. The van der Waals surface area contributed by atoms with Gasteiger partial charge in [0.25, 0.3) is 0 Å². The van der Waals surface area contributed by atoms with Gasteiger partial charge in [-0.05, 0) is 30.3 Å². The van der Waals surface area contributed by atoms with E-state index in [1.54, 1.807) is 30.6 Å². The molecule has 1 aromatic heterocycles. The van der Waals surface area contributed by atoms with Crippen LogP contribution in [0.25, 0.3) is 0 Å². The predicted molar refractivity (Wildman–Crippen MR) is 73.7 cm³/mol. The molecule has 5 heteroatoms. The average molecular weight is 311 g/mol. The first-order chi connectivity index (χ1) is 8.16. The second kappa shape index (κ2) is 5.33. The van der Waals surface area contributed by atoms with E-state index in [-0.39, 0.29) is 5.82 Å². The second-order valence-corrected chi connectivity index (χ2v) is 4.64. The van der Waals surface area contributed by atoms with Crippen LogP contribution < -0.4 is 5.32 Å². The van der Waals surface area contributed by atoms with Crippen LogP contribution >= 0.6 is 28.1 Å². The maximum absolute atomic E-state index is 13.6. The van der Waals surface area contributed by atoms with E-state index in [1.165, 1.54) is 6.07 Å². The van der Waals surface area contributed by atoms with Crippen LogP contribution in [0.5, 0.6) is 0 Å². The van der Waals surface area contributed by atoms with Crippen molar-refractivity contribution in [2.24, 2.45) is 0 Å². The van der Waals surface area contributed by atoms with Crippen LogP contribution in [0.4, 0.5) is 10.1 Å². The Balaban J connectivity index is 2.19. The zero-order valence-electron chi connectivity index (χ0n) is 8.65. The molecular formula is C12H8BrFN2S. The number of hydrogen-bond donors (Lipinski definition) is 1. The standard InChI is InChI=1S/C12H8BrFN2S/c13-9-3-4-11(10(14)6-9)16-12(17)8-2-1-5-15-7-8/h1-7H,(H,16,17). The number of nitrogens with zero attached hydrogens (tertiary/aromatic N) is 1. The summed E-state index contributed by atoms with van der Waals surface area (Å²) < 4.78 is 14.2. The highest BCUT2D eigenvalue weighted by Gasteiger charge is 2.06. The Morgan fingerprint density at radius 2 is 2.18 bits per heavy atom. The molecule has 1 aromatic carbocycles. The molecule has 1 heterocycles. The lowest BCUT2D eigenvalue weighted by Crippen LogP contribution is -2.11. The maximum atomic E-state index is 13.6. The summed E-state index contributed by atoms with van der Waals surface area (Å²) in [6.07, 6.45) is 3.29. The molecule has 0 aliphatic rings. The highest BCUT2D eigenvalue weighted by atomic mass is 79.9.